The minimum atomic E-state index is -0.504. The molecule has 27 heavy (non-hydrogen) atoms. The third kappa shape index (κ3) is 3.32. The molecule has 2 aromatic rings. The minimum Gasteiger partial charge on any atom is -0.496 e. The van der Waals surface area contributed by atoms with E-state index in [1.165, 1.54) is 14.2 Å². The van der Waals surface area contributed by atoms with Gasteiger partial charge in [0.2, 0.25) is 5.75 Å². The second-order valence-corrected chi connectivity index (χ2v) is 5.90. The molecule has 0 spiro atoms. The first-order valence-corrected chi connectivity index (χ1v) is 8.32. The second-order valence-electron chi connectivity index (χ2n) is 5.90. The molecule has 7 heteroatoms. The van der Waals surface area contributed by atoms with Crippen LogP contribution in [0, 0.1) is 0 Å². The molecule has 0 saturated carbocycles. The molecule has 0 radical (unpaired) electrons. The van der Waals surface area contributed by atoms with E-state index in [1.807, 2.05) is 0 Å². The summed E-state index contributed by atoms with van der Waals surface area (Å²) in [6, 6.07) is 6.91. The molecule has 1 aliphatic rings. The van der Waals surface area contributed by atoms with Crippen LogP contribution in [0.1, 0.15) is 28.4 Å². The predicted molar refractivity (Wildman–Crippen MR) is 98.0 cm³/mol. The minimum absolute atomic E-state index is 0.0745. The lowest BCUT2D eigenvalue weighted by atomic mass is 9.95. The number of hydrogen-bond donors (Lipinski definition) is 0. The molecule has 0 fully saturated rings. The van der Waals surface area contributed by atoms with E-state index in [9.17, 15) is 4.79 Å². The number of rotatable bonds is 6. The van der Waals surface area contributed by atoms with Gasteiger partial charge in [0.1, 0.15) is 28.9 Å². The molecule has 0 amide bonds. The van der Waals surface area contributed by atoms with Gasteiger partial charge in [0, 0.05) is 17.7 Å². The van der Waals surface area contributed by atoms with Gasteiger partial charge in [-0.1, -0.05) is 0 Å². The maximum absolute atomic E-state index is 12.8. The maximum Gasteiger partial charge on any atom is 0.203 e. The molecule has 0 bridgehead atoms. The Labute approximate surface area is 157 Å². The summed E-state index contributed by atoms with van der Waals surface area (Å²) in [6.45, 7) is 0. The van der Waals surface area contributed by atoms with Gasteiger partial charge in [-0.3, -0.25) is 4.79 Å². The van der Waals surface area contributed by atoms with E-state index in [1.54, 1.807) is 45.6 Å². The van der Waals surface area contributed by atoms with Gasteiger partial charge in [-0.15, -0.1) is 0 Å². The van der Waals surface area contributed by atoms with Gasteiger partial charge in [-0.05, 0) is 12.1 Å². The molecule has 1 atom stereocenters. The summed E-state index contributed by atoms with van der Waals surface area (Å²) in [4.78, 5) is 12.8. The Hall–Kier alpha value is -3.09. The van der Waals surface area contributed by atoms with Gasteiger partial charge in [0.25, 0.3) is 0 Å². The first-order chi connectivity index (χ1) is 13.1. The van der Waals surface area contributed by atoms with Crippen molar-refractivity contribution in [3.05, 3.63) is 35.4 Å². The van der Waals surface area contributed by atoms with E-state index in [2.05, 4.69) is 0 Å². The van der Waals surface area contributed by atoms with Crippen LogP contribution in [-0.2, 0) is 0 Å². The van der Waals surface area contributed by atoms with Crippen molar-refractivity contribution in [3.63, 3.8) is 0 Å². The molecule has 7 nitrogen and oxygen atoms in total. The van der Waals surface area contributed by atoms with Crippen molar-refractivity contribution in [1.82, 2.24) is 0 Å². The largest absolute Gasteiger partial charge is 0.496 e. The normalized spacial score (nSPS) is 15.4. The molecule has 0 unspecified atom stereocenters. The number of fused-ring (bicyclic) bond motifs is 1. The smallest absolute Gasteiger partial charge is 0.203 e. The molecule has 1 heterocycles. The second kappa shape index (κ2) is 7.65. The SMILES string of the molecule is COc1cc(OC)c2c(c1)O[C@@H](c1cc(OC)c(OC)c(OC)c1)CC2=O. The Morgan fingerprint density at radius 2 is 1.44 bits per heavy atom. The van der Waals surface area contributed by atoms with Crippen LogP contribution in [0.5, 0.6) is 34.5 Å². The summed E-state index contributed by atoms with van der Waals surface area (Å²) in [5.41, 5.74) is 1.16. The van der Waals surface area contributed by atoms with Crippen LogP contribution < -0.4 is 28.4 Å². The van der Waals surface area contributed by atoms with Crippen molar-refractivity contribution >= 4 is 5.78 Å². The van der Waals surface area contributed by atoms with Crippen LogP contribution in [-0.4, -0.2) is 41.3 Å². The molecule has 3 rings (SSSR count). The van der Waals surface area contributed by atoms with Crippen molar-refractivity contribution in [3.8, 4) is 34.5 Å². The van der Waals surface area contributed by atoms with Crippen molar-refractivity contribution in [2.75, 3.05) is 35.5 Å². The zero-order valence-electron chi connectivity index (χ0n) is 16.0. The lowest BCUT2D eigenvalue weighted by Gasteiger charge is -2.27. The van der Waals surface area contributed by atoms with E-state index in [0.717, 1.165) is 5.56 Å². The molecule has 2 aromatic carbocycles. The van der Waals surface area contributed by atoms with Crippen LogP contribution in [0.25, 0.3) is 0 Å². The number of methoxy groups -OCH3 is 5. The van der Waals surface area contributed by atoms with Crippen LogP contribution in [0.15, 0.2) is 24.3 Å². The third-order valence-corrected chi connectivity index (χ3v) is 4.47. The number of carbonyl (C=O) groups excluding carboxylic acids is 1. The van der Waals surface area contributed by atoms with Gasteiger partial charge in [-0.25, -0.2) is 0 Å². The van der Waals surface area contributed by atoms with Gasteiger partial charge in [-0.2, -0.15) is 0 Å². The summed E-state index contributed by atoms with van der Waals surface area (Å²) in [5.74, 6) is 2.79. The van der Waals surface area contributed by atoms with Gasteiger partial charge >= 0.3 is 0 Å². The Bertz CT molecular complexity index is 835. The molecular weight excluding hydrogens is 352 g/mol. The highest BCUT2D eigenvalue weighted by Gasteiger charge is 2.32. The summed E-state index contributed by atoms with van der Waals surface area (Å²) >= 11 is 0. The fourth-order valence-corrected chi connectivity index (χ4v) is 3.15. The molecular formula is C20H22O7. The highest BCUT2D eigenvalue weighted by Crippen LogP contribution is 2.45. The monoisotopic (exact) mass is 374 g/mol. The predicted octanol–water partition coefficient (Wildman–Crippen LogP) is 3.44. The van der Waals surface area contributed by atoms with E-state index in [4.69, 9.17) is 28.4 Å². The Morgan fingerprint density at radius 1 is 0.815 bits per heavy atom. The maximum atomic E-state index is 12.8. The van der Waals surface area contributed by atoms with Crippen LogP contribution in [0.4, 0.5) is 0 Å². The van der Waals surface area contributed by atoms with E-state index in [-0.39, 0.29) is 12.2 Å². The van der Waals surface area contributed by atoms with E-state index >= 15 is 0 Å². The number of benzene rings is 2. The zero-order valence-corrected chi connectivity index (χ0v) is 16.0. The fourth-order valence-electron chi connectivity index (χ4n) is 3.15. The number of ether oxygens (including phenoxy) is 6. The average molecular weight is 374 g/mol. The average Bonchev–Trinajstić information content (AvgIpc) is 2.71. The van der Waals surface area contributed by atoms with E-state index in [0.29, 0.717) is 40.1 Å². The molecule has 0 saturated heterocycles. The van der Waals surface area contributed by atoms with Crippen LogP contribution in [0.3, 0.4) is 0 Å². The van der Waals surface area contributed by atoms with Gasteiger partial charge < -0.3 is 28.4 Å². The summed E-state index contributed by atoms with van der Waals surface area (Å²) in [5, 5.41) is 0. The first-order valence-electron chi connectivity index (χ1n) is 8.32. The van der Waals surface area contributed by atoms with Crippen LogP contribution >= 0.6 is 0 Å². The summed E-state index contributed by atoms with van der Waals surface area (Å²) in [7, 11) is 7.67. The number of ketones is 1. The highest BCUT2D eigenvalue weighted by molar-refractivity contribution is 6.02. The Balaban J connectivity index is 2.05. The standard InChI is InChI=1S/C20H22O7/c1-22-12-8-15(23-2)19-13(21)10-14(27-16(19)9-12)11-6-17(24-3)20(26-5)18(7-11)25-4/h6-9,14H,10H2,1-5H3/t14-/m1/s1. The molecule has 0 aromatic heterocycles. The topological polar surface area (TPSA) is 72.5 Å². The lowest BCUT2D eigenvalue weighted by Crippen LogP contribution is -2.21. The Morgan fingerprint density at radius 3 is 1.96 bits per heavy atom. The molecule has 144 valence electrons. The molecule has 0 aliphatic carbocycles. The van der Waals surface area contributed by atoms with Crippen molar-refractivity contribution in [2.45, 2.75) is 12.5 Å². The zero-order chi connectivity index (χ0) is 19.6. The number of carbonyl (C=O) groups is 1. The van der Waals surface area contributed by atoms with Crippen molar-refractivity contribution in [2.24, 2.45) is 0 Å². The number of hydrogen-bond acceptors (Lipinski definition) is 7. The van der Waals surface area contributed by atoms with Crippen molar-refractivity contribution < 1.29 is 33.2 Å². The molecule has 1 aliphatic heterocycles. The van der Waals surface area contributed by atoms with Crippen molar-refractivity contribution in [1.29, 1.82) is 0 Å². The fraction of sp³-hybridized carbons (Fsp3) is 0.350. The highest BCUT2D eigenvalue weighted by atomic mass is 16.5. The third-order valence-electron chi connectivity index (χ3n) is 4.47. The lowest BCUT2D eigenvalue weighted by molar-refractivity contribution is 0.0843. The Kier molecular flexibility index (Phi) is 5.30. The first kappa shape index (κ1) is 18.7. The van der Waals surface area contributed by atoms with Gasteiger partial charge in [0.05, 0.1) is 42.0 Å². The van der Waals surface area contributed by atoms with E-state index < -0.39 is 6.10 Å². The van der Waals surface area contributed by atoms with Gasteiger partial charge in [0.15, 0.2) is 17.3 Å². The molecule has 0 N–H and O–H groups in total. The summed E-state index contributed by atoms with van der Waals surface area (Å²) < 4.78 is 32.9. The summed E-state index contributed by atoms with van der Waals surface area (Å²) in [6.07, 6.45) is -0.343. The van der Waals surface area contributed by atoms with Crippen LogP contribution in [0.2, 0.25) is 0 Å². The quantitative estimate of drug-likeness (QED) is 0.767. The number of Topliss-reactive ketones (excluding diaryl/α,β-unsaturated/α-hetero) is 1.